The van der Waals surface area contributed by atoms with E-state index in [9.17, 15) is 9.59 Å². The second-order valence-corrected chi connectivity index (χ2v) is 5.97. The van der Waals surface area contributed by atoms with Crippen molar-refractivity contribution in [3.63, 3.8) is 0 Å². The minimum atomic E-state index is -0.889. The van der Waals surface area contributed by atoms with E-state index in [0.717, 1.165) is 11.1 Å². The first-order chi connectivity index (χ1) is 11.9. The molecule has 0 aliphatic heterocycles. The highest BCUT2D eigenvalue weighted by Crippen LogP contribution is 2.27. The summed E-state index contributed by atoms with van der Waals surface area (Å²) in [4.78, 5) is 25.4. The van der Waals surface area contributed by atoms with Crippen molar-refractivity contribution in [2.24, 2.45) is 5.73 Å². The largest absolute Gasteiger partial charge is 0.496 e. The van der Waals surface area contributed by atoms with Crippen LogP contribution in [0, 0.1) is 0 Å². The average molecular weight is 362 g/mol. The number of hydrogen-bond donors (Lipinski definition) is 2. The molecule has 3 N–H and O–H groups in total. The molecule has 132 valence electrons. The van der Waals surface area contributed by atoms with Gasteiger partial charge in [-0.05, 0) is 30.8 Å². The SMILES string of the molecule is COc1ccc(Cl)cc1CN(C)[C@@H](C(=O)NC(N)=O)c1ccccc1. The van der Waals surface area contributed by atoms with Crippen molar-refractivity contribution < 1.29 is 14.3 Å². The lowest BCUT2D eigenvalue weighted by atomic mass is 10.0. The maximum atomic E-state index is 12.5. The molecule has 0 aromatic heterocycles. The minimum Gasteiger partial charge on any atom is -0.496 e. The Kier molecular flexibility index (Phi) is 6.38. The fourth-order valence-electron chi connectivity index (χ4n) is 2.66. The second kappa shape index (κ2) is 8.50. The van der Waals surface area contributed by atoms with Crippen LogP contribution in [-0.4, -0.2) is 31.0 Å². The van der Waals surface area contributed by atoms with Gasteiger partial charge in [0.05, 0.1) is 7.11 Å². The van der Waals surface area contributed by atoms with Crippen molar-refractivity contribution in [3.8, 4) is 5.75 Å². The van der Waals surface area contributed by atoms with Crippen LogP contribution in [0.3, 0.4) is 0 Å². The average Bonchev–Trinajstić information content (AvgIpc) is 2.55. The van der Waals surface area contributed by atoms with E-state index in [1.54, 1.807) is 37.3 Å². The van der Waals surface area contributed by atoms with Crippen LogP contribution in [0.2, 0.25) is 5.02 Å². The molecule has 2 aromatic carbocycles. The maximum Gasteiger partial charge on any atom is 0.318 e. The lowest BCUT2D eigenvalue weighted by Crippen LogP contribution is -2.43. The standard InChI is InChI=1S/C18H20ClN3O3/c1-22(11-13-10-14(19)8-9-15(13)25-2)16(17(23)21-18(20)24)12-6-4-3-5-7-12/h3-10,16H,11H2,1-2H3,(H3,20,21,23,24)/t16-/m1/s1. The van der Waals surface area contributed by atoms with Crippen LogP contribution in [0.1, 0.15) is 17.2 Å². The third-order valence-electron chi connectivity index (χ3n) is 3.71. The number of nitrogens with two attached hydrogens (primary N) is 1. The fourth-order valence-corrected chi connectivity index (χ4v) is 2.86. The Bertz CT molecular complexity index is 752. The van der Waals surface area contributed by atoms with Crippen molar-refractivity contribution in [3.05, 3.63) is 64.7 Å². The maximum absolute atomic E-state index is 12.5. The topological polar surface area (TPSA) is 84.7 Å². The van der Waals surface area contributed by atoms with Gasteiger partial charge in [-0.3, -0.25) is 15.0 Å². The van der Waals surface area contributed by atoms with Crippen LogP contribution in [0.4, 0.5) is 4.79 Å². The number of hydrogen-bond acceptors (Lipinski definition) is 4. The minimum absolute atomic E-state index is 0.384. The van der Waals surface area contributed by atoms with E-state index in [-0.39, 0.29) is 0 Å². The molecule has 0 saturated carbocycles. The zero-order chi connectivity index (χ0) is 18.4. The Morgan fingerprint density at radius 2 is 1.92 bits per heavy atom. The quantitative estimate of drug-likeness (QED) is 0.828. The van der Waals surface area contributed by atoms with Gasteiger partial charge in [0.25, 0.3) is 0 Å². The highest BCUT2D eigenvalue weighted by Gasteiger charge is 2.26. The number of halogens is 1. The molecular weight excluding hydrogens is 342 g/mol. The van der Waals surface area contributed by atoms with Crippen molar-refractivity contribution in [2.45, 2.75) is 12.6 Å². The summed E-state index contributed by atoms with van der Waals surface area (Å²) in [7, 11) is 3.35. The number of imide groups is 1. The van der Waals surface area contributed by atoms with Gasteiger partial charge in [0.1, 0.15) is 11.8 Å². The Labute approximate surface area is 151 Å². The summed E-state index contributed by atoms with van der Waals surface area (Å²) in [5, 5.41) is 2.72. The summed E-state index contributed by atoms with van der Waals surface area (Å²) in [5.74, 6) is 0.167. The second-order valence-electron chi connectivity index (χ2n) is 5.54. The van der Waals surface area contributed by atoms with Gasteiger partial charge >= 0.3 is 6.03 Å². The van der Waals surface area contributed by atoms with E-state index < -0.39 is 18.0 Å². The molecule has 0 heterocycles. The first-order valence-corrected chi connectivity index (χ1v) is 7.98. The van der Waals surface area contributed by atoms with Gasteiger partial charge in [-0.25, -0.2) is 4.79 Å². The molecule has 3 amide bonds. The normalized spacial score (nSPS) is 11.8. The van der Waals surface area contributed by atoms with E-state index in [0.29, 0.717) is 17.3 Å². The molecule has 0 bridgehead atoms. The van der Waals surface area contributed by atoms with Gasteiger partial charge < -0.3 is 10.5 Å². The molecule has 0 saturated heterocycles. The number of rotatable bonds is 6. The predicted octanol–water partition coefficient (Wildman–Crippen LogP) is 2.72. The predicted molar refractivity (Wildman–Crippen MR) is 96.4 cm³/mol. The first kappa shape index (κ1) is 18.8. The summed E-state index contributed by atoms with van der Waals surface area (Å²) < 4.78 is 5.35. The van der Waals surface area contributed by atoms with Gasteiger partial charge in [-0.1, -0.05) is 41.9 Å². The molecule has 0 fully saturated rings. The Morgan fingerprint density at radius 3 is 2.52 bits per heavy atom. The third kappa shape index (κ3) is 4.95. The molecule has 0 radical (unpaired) electrons. The fraction of sp³-hybridized carbons (Fsp3) is 0.222. The van der Waals surface area contributed by atoms with Crippen LogP contribution >= 0.6 is 11.6 Å². The number of carbonyl (C=O) groups is 2. The van der Waals surface area contributed by atoms with Crippen molar-refractivity contribution >= 4 is 23.5 Å². The van der Waals surface area contributed by atoms with Gasteiger partial charge in [0, 0.05) is 17.1 Å². The zero-order valence-electron chi connectivity index (χ0n) is 14.0. The van der Waals surface area contributed by atoms with Crippen molar-refractivity contribution in [2.75, 3.05) is 14.2 Å². The molecule has 0 aliphatic rings. The van der Waals surface area contributed by atoms with Crippen LogP contribution in [-0.2, 0) is 11.3 Å². The van der Waals surface area contributed by atoms with Gasteiger partial charge in [0.15, 0.2) is 0 Å². The molecule has 2 aromatic rings. The lowest BCUT2D eigenvalue weighted by Gasteiger charge is -2.27. The smallest absolute Gasteiger partial charge is 0.318 e. The van der Waals surface area contributed by atoms with Crippen LogP contribution in [0.15, 0.2) is 48.5 Å². The van der Waals surface area contributed by atoms with Crippen LogP contribution in [0.25, 0.3) is 0 Å². The molecule has 6 nitrogen and oxygen atoms in total. The van der Waals surface area contributed by atoms with Crippen molar-refractivity contribution in [1.29, 1.82) is 0 Å². The molecule has 2 rings (SSSR count). The molecule has 0 aliphatic carbocycles. The third-order valence-corrected chi connectivity index (χ3v) is 3.95. The molecule has 0 spiro atoms. The Hall–Kier alpha value is -2.57. The number of ether oxygens (including phenoxy) is 1. The van der Waals surface area contributed by atoms with Gasteiger partial charge in [-0.15, -0.1) is 0 Å². The molecule has 1 atom stereocenters. The number of primary amides is 1. The van der Waals surface area contributed by atoms with E-state index in [4.69, 9.17) is 22.1 Å². The molecule has 25 heavy (non-hydrogen) atoms. The monoisotopic (exact) mass is 361 g/mol. The van der Waals surface area contributed by atoms with Gasteiger partial charge in [-0.2, -0.15) is 0 Å². The zero-order valence-corrected chi connectivity index (χ0v) is 14.8. The van der Waals surface area contributed by atoms with E-state index in [1.165, 1.54) is 0 Å². The Balaban J connectivity index is 2.32. The number of benzene rings is 2. The summed E-state index contributed by atoms with van der Waals surface area (Å²) >= 11 is 6.07. The van der Waals surface area contributed by atoms with Crippen LogP contribution < -0.4 is 15.8 Å². The van der Waals surface area contributed by atoms with E-state index in [1.807, 2.05) is 30.3 Å². The number of methoxy groups -OCH3 is 1. The number of likely N-dealkylation sites (N-methyl/N-ethyl adjacent to an activating group) is 1. The lowest BCUT2D eigenvalue weighted by molar-refractivity contribution is -0.125. The molecule has 0 unspecified atom stereocenters. The molecule has 7 heteroatoms. The summed E-state index contributed by atoms with van der Waals surface area (Å²) in [6.07, 6.45) is 0. The highest BCUT2D eigenvalue weighted by molar-refractivity contribution is 6.30. The van der Waals surface area contributed by atoms with Gasteiger partial charge in [0.2, 0.25) is 5.91 Å². The summed E-state index contributed by atoms with van der Waals surface area (Å²) in [5.41, 5.74) is 6.67. The van der Waals surface area contributed by atoms with Crippen molar-refractivity contribution in [1.82, 2.24) is 10.2 Å². The number of carbonyl (C=O) groups excluding carboxylic acids is 2. The summed E-state index contributed by atoms with van der Waals surface area (Å²) in [6, 6.07) is 12.8. The van der Waals surface area contributed by atoms with Crippen LogP contribution in [0.5, 0.6) is 5.75 Å². The number of nitrogens with one attached hydrogen (secondary N) is 1. The summed E-state index contributed by atoms with van der Waals surface area (Å²) in [6.45, 7) is 0.384. The Morgan fingerprint density at radius 1 is 1.24 bits per heavy atom. The molecular formula is C18H20ClN3O3. The number of urea groups is 1. The van der Waals surface area contributed by atoms with E-state index in [2.05, 4.69) is 5.32 Å². The first-order valence-electron chi connectivity index (χ1n) is 7.60. The van der Waals surface area contributed by atoms with E-state index >= 15 is 0 Å². The highest BCUT2D eigenvalue weighted by atomic mass is 35.5. The number of amides is 3. The number of nitrogens with zero attached hydrogens (tertiary/aromatic N) is 1.